The van der Waals surface area contributed by atoms with E-state index in [0.29, 0.717) is 15.8 Å². The summed E-state index contributed by atoms with van der Waals surface area (Å²) in [6.45, 7) is 3.97. The second kappa shape index (κ2) is 8.98. The Morgan fingerprint density at radius 1 is 1.14 bits per heavy atom. The van der Waals surface area contributed by atoms with Crippen molar-refractivity contribution in [1.82, 2.24) is 15.3 Å². The normalized spacial score (nSPS) is 11.0. The number of furan rings is 1. The molecule has 0 saturated heterocycles. The number of hydrogen-bond acceptors (Lipinski definition) is 4. The van der Waals surface area contributed by atoms with Gasteiger partial charge in [-0.25, -0.2) is 5.43 Å². The Kier molecular flexibility index (Phi) is 6.41. The van der Waals surface area contributed by atoms with Crippen molar-refractivity contribution >= 4 is 41.2 Å². The molecule has 0 saturated carbocycles. The Balaban J connectivity index is 1.65. The van der Waals surface area contributed by atoms with Crippen molar-refractivity contribution in [3.63, 3.8) is 0 Å². The van der Waals surface area contributed by atoms with Crippen LogP contribution in [0.25, 0.3) is 5.69 Å². The van der Waals surface area contributed by atoms with E-state index >= 15 is 0 Å². The van der Waals surface area contributed by atoms with Gasteiger partial charge in [-0.1, -0.05) is 23.2 Å². The molecule has 3 aromatic rings. The van der Waals surface area contributed by atoms with Gasteiger partial charge < -0.3 is 14.3 Å². The van der Waals surface area contributed by atoms with Gasteiger partial charge in [0.15, 0.2) is 0 Å². The van der Waals surface area contributed by atoms with E-state index < -0.39 is 11.8 Å². The summed E-state index contributed by atoms with van der Waals surface area (Å²) in [6, 6.07) is 10.7. The molecule has 0 radical (unpaired) electrons. The predicted molar refractivity (Wildman–Crippen MR) is 112 cm³/mol. The summed E-state index contributed by atoms with van der Waals surface area (Å²) in [4.78, 5) is 23.6. The monoisotopic (exact) mass is 432 g/mol. The Hall–Kier alpha value is -3.03. The molecule has 2 amide bonds. The molecule has 1 aromatic carbocycles. The third-order valence-corrected chi connectivity index (χ3v) is 4.95. The Labute approximate surface area is 177 Å². The summed E-state index contributed by atoms with van der Waals surface area (Å²) >= 11 is 12.1. The van der Waals surface area contributed by atoms with Crippen molar-refractivity contribution in [2.75, 3.05) is 0 Å². The van der Waals surface area contributed by atoms with Crippen LogP contribution in [-0.4, -0.2) is 22.6 Å². The summed E-state index contributed by atoms with van der Waals surface area (Å²) in [5.41, 5.74) is 5.69. The number of nitrogens with one attached hydrogen (secondary N) is 2. The van der Waals surface area contributed by atoms with Crippen molar-refractivity contribution < 1.29 is 14.0 Å². The van der Waals surface area contributed by atoms with Crippen LogP contribution in [0.5, 0.6) is 0 Å². The van der Waals surface area contributed by atoms with Crippen LogP contribution in [0.1, 0.15) is 22.7 Å². The number of halogens is 2. The molecule has 0 unspecified atom stereocenters. The fourth-order valence-electron chi connectivity index (χ4n) is 2.81. The average molecular weight is 433 g/mol. The van der Waals surface area contributed by atoms with Gasteiger partial charge in [-0.05, 0) is 50.2 Å². The standard InChI is InChI=1S/C20H18Cl2N4O3/c1-12-8-14(13(2)26(12)15-5-6-17(21)18(22)9-15)10-24-25-20(28)19(27)23-11-16-4-3-7-29-16/h3-10H,11H2,1-2H3,(H,23,27)(H,25,28)/b24-10+. The number of amides is 2. The van der Waals surface area contributed by atoms with Gasteiger partial charge in [0, 0.05) is 22.6 Å². The molecule has 0 atom stereocenters. The summed E-state index contributed by atoms with van der Waals surface area (Å²) in [5.74, 6) is -1.13. The van der Waals surface area contributed by atoms with E-state index in [4.69, 9.17) is 27.6 Å². The van der Waals surface area contributed by atoms with Crippen LogP contribution < -0.4 is 10.7 Å². The average Bonchev–Trinajstić information content (AvgIpc) is 3.30. The topological polar surface area (TPSA) is 88.6 Å². The van der Waals surface area contributed by atoms with Gasteiger partial charge in [0.25, 0.3) is 0 Å². The van der Waals surface area contributed by atoms with E-state index in [1.807, 2.05) is 30.5 Å². The first-order chi connectivity index (χ1) is 13.9. The van der Waals surface area contributed by atoms with Crippen LogP contribution in [0.2, 0.25) is 10.0 Å². The number of aryl methyl sites for hydroxylation is 1. The minimum absolute atomic E-state index is 0.119. The van der Waals surface area contributed by atoms with Gasteiger partial charge in [0.1, 0.15) is 5.76 Å². The lowest BCUT2D eigenvalue weighted by atomic mass is 10.2. The van der Waals surface area contributed by atoms with Gasteiger partial charge in [-0.3, -0.25) is 9.59 Å². The molecule has 3 rings (SSSR count). The van der Waals surface area contributed by atoms with E-state index in [1.165, 1.54) is 12.5 Å². The molecule has 0 bridgehead atoms. The first-order valence-corrected chi connectivity index (χ1v) is 9.40. The first kappa shape index (κ1) is 20.7. The van der Waals surface area contributed by atoms with E-state index in [9.17, 15) is 9.59 Å². The number of benzene rings is 1. The van der Waals surface area contributed by atoms with E-state index in [1.54, 1.807) is 24.3 Å². The van der Waals surface area contributed by atoms with Crippen molar-refractivity contribution in [3.05, 3.63) is 75.4 Å². The van der Waals surface area contributed by atoms with Crippen LogP contribution in [0.15, 0.2) is 52.2 Å². The molecule has 0 fully saturated rings. The number of hydrazone groups is 1. The van der Waals surface area contributed by atoms with Crippen LogP contribution in [-0.2, 0) is 16.1 Å². The third kappa shape index (κ3) is 4.88. The van der Waals surface area contributed by atoms with Crippen LogP contribution in [0.3, 0.4) is 0 Å². The van der Waals surface area contributed by atoms with Gasteiger partial charge >= 0.3 is 11.8 Å². The Morgan fingerprint density at radius 2 is 1.93 bits per heavy atom. The second-order valence-electron chi connectivity index (χ2n) is 6.22. The Morgan fingerprint density at radius 3 is 2.62 bits per heavy atom. The molecular weight excluding hydrogens is 415 g/mol. The SMILES string of the molecule is Cc1cc(/C=N/NC(=O)C(=O)NCc2ccco2)c(C)n1-c1ccc(Cl)c(Cl)c1. The van der Waals surface area contributed by atoms with Crippen molar-refractivity contribution in [1.29, 1.82) is 0 Å². The summed E-state index contributed by atoms with van der Waals surface area (Å²) in [6.07, 6.45) is 2.97. The zero-order valence-corrected chi connectivity index (χ0v) is 17.2. The number of aromatic nitrogens is 1. The molecule has 2 N–H and O–H groups in total. The van der Waals surface area contributed by atoms with Crippen LogP contribution in [0.4, 0.5) is 0 Å². The summed E-state index contributed by atoms with van der Waals surface area (Å²) in [5, 5.41) is 7.26. The molecule has 7 nitrogen and oxygen atoms in total. The lowest BCUT2D eigenvalue weighted by molar-refractivity contribution is -0.139. The highest BCUT2D eigenvalue weighted by Gasteiger charge is 2.14. The fraction of sp³-hybridized carbons (Fsp3) is 0.150. The molecule has 0 spiro atoms. The minimum atomic E-state index is -0.869. The molecule has 0 aliphatic heterocycles. The number of carbonyl (C=O) groups is 2. The van der Waals surface area contributed by atoms with E-state index in [2.05, 4.69) is 15.8 Å². The fourth-order valence-corrected chi connectivity index (χ4v) is 3.10. The minimum Gasteiger partial charge on any atom is -0.467 e. The van der Waals surface area contributed by atoms with Crippen molar-refractivity contribution in [3.8, 4) is 5.69 Å². The highest BCUT2D eigenvalue weighted by atomic mass is 35.5. The number of nitrogens with zero attached hydrogens (tertiary/aromatic N) is 2. The third-order valence-electron chi connectivity index (χ3n) is 4.21. The lowest BCUT2D eigenvalue weighted by Gasteiger charge is -2.10. The maximum Gasteiger partial charge on any atom is 0.329 e. The van der Waals surface area contributed by atoms with Gasteiger partial charge in [-0.2, -0.15) is 5.10 Å². The molecule has 2 aromatic heterocycles. The molecule has 150 valence electrons. The van der Waals surface area contributed by atoms with Crippen LogP contribution >= 0.6 is 23.2 Å². The number of hydrogen-bond donors (Lipinski definition) is 2. The number of carbonyl (C=O) groups excluding carboxylic acids is 2. The number of rotatable bonds is 5. The zero-order valence-electron chi connectivity index (χ0n) is 15.7. The zero-order chi connectivity index (χ0) is 21.0. The maximum absolute atomic E-state index is 11.8. The molecular formula is C20H18Cl2N4O3. The lowest BCUT2D eigenvalue weighted by Crippen LogP contribution is -2.37. The quantitative estimate of drug-likeness (QED) is 0.365. The first-order valence-electron chi connectivity index (χ1n) is 8.65. The maximum atomic E-state index is 11.8. The van der Waals surface area contributed by atoms with E-state index in [0.717, 1.165) is 22.6 Å². The molecule has 0 aliphatic carbocycles. The Bertz CT molecular complexity index is 1070. The van der Waals surface area contributed by atoms with Crippen molar-refractivity contribution in [2.24, 2.45) is 5.10 Å². The summed E-state index contributed by atoms with van der Waals surface area (Å²) in [7, 11) is 0. The predicted octanol–water partition coefficient (Wildman–Crippen LogP) is 3.76. The molecule has 9 heteroatoms. The molecule has 29 heavy (non-hydrogen) atoms. The van der Waals surface area contributed by atoms with Crippen LogP contribution in [0, 0.1) is 13.8 Å². The van der Waals surface area contributed by atoms with E-state index in [-0.39, 0.29) is 6.54 Å². The highest BCUT2D eigenvalue weighted by molar-refractivity contribution is 6.42. The smallest absolute Gasteiger partial charge is 0.329 e. The van der Waals surface area contributed by atoms with Gasteiger partial charge in [0.2, 0.25) is 0 Å². The van der Waals surface area contributed by atoms with Gasteiger partial charge in [-0.15, -0.1) is 0 Å². The van der Waals surface area contributed by atoms with Crippen molar-refractivity contribution in [2.45, 2.75) is 20.4 Å². The molecule has 0 aliphatic rings. The largest absolute Gasteiger partial charge is 0.467 e. The summed E-state index contributed by atoms with van der Waals surface area (Å²) < 4.78 is 7.07. The van der Waals surface area contributed by atoms with Gasteiger partial charge in [0.05, 0.1) is 29.1 Å². The highest BCUT2D eigenvalue weighted by Crippen LogP contribution is 2.27. The second-order valence-corrected chi connectivity index (χ2v) is 7.04. The molecule has 2 heterocycles.